The molecule has 1 N–H and O–H groups in total. The van der Waals surface area contributed by atoms with Gasteiger partial charge in [-0.1, -0.05) is 0 Å². The van der Waals surface area contributed by atoms with Crippen LogP contribution in [0.15, 0.2) is 18.7 Å². The van der Waals surface area contributed by atoms with E-state index < -0.39 is 0 Å². The maximum Gasteiger partial charge on any atom is 0.343 e. The molecule has 0 aliphatic carbocycles. The summed E-state index contributed by atoms with van der Waals surface area (Å²) in [6.07, 6.45) is 4.60. The number of carbonyl (C=O) groups is 1. The van der Waals surface area contributed by atoms with Gasteiger partial charge in [0, 0.05) is 26.5 Å². The van der Waals surface area contributed by atoms with Crippen molar-refractivity contribution in [3.63, 3.8) is 0 Å². The molecule has 1 amide bonds. The summed E-state index contributed by atoms with van der Waals surface area (Å²) in [5.74, 6) is 0. The van der Waals surface area contributed by atoms with E-state index in [0.29, 0.717) is 0 Å². The van der Waals surface area contributed by atoms with Gasteiger partial charge in [0.1, 0.15) is 6.33 Å². The second kappa shape index (κ2) is 3.16. The van der Waals surface area contributed by atoms with Crippen molar-refractivity contribution in [2.24, 2.45) is 0 Å². The molecule has 60 valence electrons. The quantitative estimate of drug-likeness (QED) is 0.575. The number of aromatic nitrogens is 2. The van der Waals surface area contributed by atoms with E-state index in [9.17, 15) is 4.79 Å². The Hall–Kier alpha value is -1.36. The molecule has 1 aromatic rings. The Morgan fingerprint density at radius 3 is 2.91 bits per heavy atom. The number of nitrogens with one attached hydrogen (secondary N) is 1. The molecule has 11 heavy (non-hydrogen) atoms. The van der Waals surface area contributed by atoms with Crippen LogP contribution in [0.3, 0.4) is 0 Å². The first-order valence-electron chi connectivity index (χ1n) is 3.19. The first-order chi connectivity index (χ1) is 5.25. The van der Waals surface area contributed by atoms with Gasteiger partial charge in [-0.2, -0.15) is 0 Å². The molecular weight excluding hydrogens is 144 g/mol. The molecule has 0 spiro atoms. The first kappa shape index (κ1) is 7.74. The van der Waals surface area contributed by atoms with Gasteiger partial charge in [0.15, 0.2) is 0 Å². The normalized spacial score (nSPS) is 9.64. The van der Waals surface area contributed by atoms with Crippen LogP contribution in [0.5, 0.6) is 0 Å². The van der Waals surface area contributed by atoms with E-state index in [4.69, 9.17) is 0 Å². The van der Waals surface area contributed by atoms with Gasteiger partial charge in [-0.25, -0.2) is 15.2 Å². The lowest BCUT2D eigenvalue weighted by Crippen LogP contribution is -2.39. The Balaban J connectivity index is 2.70. The van der Waals surface area contributed by atoms with Gasteiger partial charge in [-0.05, 0) is 0 Å². The molecule has 5 nitrogen and oxygen atoms in total. The van der Waals surface area contributed by atoms with E-state index >= 15 is 0 Å². The Kier molecular flexibility index (Phi) is 2.22. The highest BCUT2D eigenvalue weighted by Gasteiger charge is 2.06. The maximum absolute atomic E-state index is 11.2. The fourth-order valence-corrected chi connectivity index (χ4v) is 0.641. The van der Waals surface area contributed by atoms with E-state index in [2.05, 4.69) is 10.4 Å². The zero-order chi connectivity index (χ0) is 8.27. The molecule has 1 aromatic heterocycles. The van der Waals surface area contributed by atoms with Crippen LogP contribution in [0.1, 0.15) is 0 Å². The molecular formula is C6H10N4O. The molecule has 0 bridgehead atoms. The lowest BCUT2D eigenvalue weighted by atomic mass is 10.8. The molecule has 0 fully saturated rings. The zero-order valence-electron chi connectivity index (χ0n) is 6.48. The number of rotatable bonds is 1. The van der Waals surface area contributed by atoms with E-state index in [1.807, 2.05) is 0 Å². The third-order valence-corrected chi connectivity index (χ3v) is 1.35. The van der Waals surface area contributed by atoms with Gasteiger partial charge in [-0.15, -0.1) is 0 Å². The number of amides is 1. The van der Waals surface area contributed by atoms with Gasteiger partial charge in [0.25, 0.3) is 0 Å². The Bertz CT molecular complexity index is 231. The van der Waals surface area contributed by atoms with Crippen molar-refractivity contribution in [2.45, 2.75) is 0 Å². The third kappa shape index (κ3) is 1.56. The second-order valence-corrected chi connectivity index (χ2v) is 2.04. The number of hydrazine groups is 1. The highest BCUT2D eigenvalue weighted by atomic mass is 16.2. The minimum absolute atomic E-state index is 0.162. The number of carbonyl (C=O) groups excluding carboxylic acids is 1. The highest BCUT2D eigenvalue weighted by molar-refractivity contribution is 5.75. The van der Waals surface area contributed by atoms with Crippen LogP contribution < -0.4 is 5.43 Å². The van der Waals surface area contributed by atoms with Crippen molar-refractivity contribution >= 4 is 6.03 Å². The molecule has 0 saturated heterocycles. The molecule has 1 heterocycles. The van der Waals surface area contributed by atoms with Gasteiger partial charge >= 0.3 is 6.03 Å². The zero-order valence-corrected chi connectivity index (χ0v) is 6.48. The molecule has 1 rings (SSSR count). The number of hydrogen-bond donors (Lipinski definition) is 1. The van der Waals surface area contributed by atoms with Crippen LogP contribution >= 0.6 is 0 Å². The van der Waals surface area contributed by atoms with E-state index in [0.717, 1.165) is 0 Å². The van der Waals surface area contributed by atoms with Crippen LogP contribution in [0.2, 0.25) is 0 Å². The molecule has 0 unspecified atom stereocenters. The summed E-state index contributed by atoms with van der Waals surface area (Å²) in [6, 6.07) is -0.162. The molecule has 0 radical (unpaired) electrons. The van der Waals surface area contributed by atoms with Crippen molar-refractivity contribution in [1.82, 2.24) is 20.0 Å². The molecule has 0 aliphatic heterocycles. The summed E-state index contributed by atoms with van der Waals surface area (Å²) in [4.78, 5) is 15.0. The van der Waals surface area contributed by atoms with Gasteiger partial charge < -0.3 is 0 Å². The third-order valence-electron chi connectivity index (χ3n) is 1.35. The predicted octanol–water partition coefficient (Wildman–Crippen LogP) is -0.0826. The topological polar surface area (TPSA) is 50.2 Å². The van der Waals surface area contributed by atoms with Crippen molar-refractivity contribution in [2.75, 3.05) is 14.1 Å². The standard InChI is InChI=1S/C6H10N4O/c1-7-9(2)6(11)10-4-3-8-5-10/h3-5,7H,1-2H3. The minimum Gasteiger partial charge on any atom is -0.262 e. The average Bonchev–Trinajstić information content (AvgIpc) is 2.53. The van der Waals surface area contributed by atoms with Crippen LogP contribution in [0.4, 0.5) is 4.79 Å². The van der Waals surface area contributed by atoms with Crippen molar-refractivity contribution in [3.8, 4) is 0 Å². The second-order valence-electron chi connectivity index (χ2n) is 2.04. The first-order valence-corrected chi connectivity index (χ1v) is 3.19. The van der Waals surface area contributed by atoms with E-state index in [1.165, 1.54) is 15.9 Å². The number of nitrogens with zero attached hydrogens (tertiary/aromatic N) is 3. The van der Waals surface area contributed by atoms with Gasteiger partial charge in [0.05, 0.1) is 0 Å². The van der Waals surface area contributed by atoms with Crippen LogP contribution in [0, 0.1) is 0 Å². The molecule has 0 aromatic carbocycles. The predicted molar refractivity (Wildman–Crippen MR) is 39.8 cm³/mol. The molecule has 5 heteroatoms. The van der Waals surface area contributed by atoms with E-state index in [1.54, 1.807) is 26.5 Å². The smallest absolute Gasteiger partial charge is 0.262 e. The number of hydrogen-bond acceptors (Lipinski definition) is 3. The summed E-state index contributed by atoms with van der Waals surface area (Å²) in [5, 5.41) is 1.36. The van der Waals surface area contributed by atoms with Crippen molar-refractivity contribution < 1.29 is 4.79 Å². The molecule has 0 saturated carbocycles. The Morgan fingerprint density at radius 2 is 2.45 bits per heavy atom. The average molecular weight is 154 g/mol. The van der Waals surface area contributed by atoms with E-state index in [-0.39, 0.29) is 6.03 Å². The van der Waals surface area contributed by atoms with Crippen LogP contribution in [-0.2, 0) is 0 Å². The highest BCUT2D eigenvalue weighted by Crippen LogP contribution is 1.88. The lowest BCUT2D eigenvalue weighted by molar-refractivity contribution is 0.195. The summed E-state index contributed by atoms with van der Waals surface area (Å²) in [6.45, 7) is 0. The largest absolute Gasteiger partial charge is 0.343 e. The minimum atomic E-state index is -0.162. The molecule has 0 aliphatic rings. The maximum atomic E-state index is 11.2. The fraction of sp³-hybridized carbons (Fsp3) is 0.333. The van der Waals surface area contributed by atoms with Gasteiger partial charge in [-0.3, -0.25) is 9.58 Å². The van der Waals surface area contributed by atoms with Gasteiger partial charge in [0.2, 0.25) is 0 Å². The Labute approximate surface area is 64.6 Å². The van der Waals surface area contributed by atoms with Crippen molar-refractivity contribution in [3.05, 3.63) is 18.7 Å². The van der Waals surface area contributed by atoms with Crippen LogP contribution in [-0.4, -0.2) is 34.7 Å². The monoisotopic (exact) mass is 154 g/mol. The van der Waals surface area contributed by atoms with Crippen molar-refractivity contribution in [1.29, 1.82) is 0 Å². The summed E-state index contributed by atoms with van der Waals surface area (Å²) >= 11 is 0. The summed E-state index contributed by atoms with van der Waals surface area (Å²) in [7, 11) is 3.32. The van der Waals surface area contributed by atoms with Crippen LogP contribution in [0.25, 0.3) is 0 Å². The lowest BCUT2D eigenvalue weighted by Gasteiger charge is -2.14. The fourth-order valence-electron chi connectivity index (χ4n) is 0.641. The summed E-state index contributed by atoms with van der Waals surface area (Å²) < 4.78 is 1.39. The molecule has 0 atom stereocenters. The number of imidazole rings is 1. The Morgan fingerprint density at radius 1 is 1.73 bits per heavy atom. The SMILES string of the molecule is CNN(C)C(=O)n1ccnc1. The summed E-state index contributed by atoms with van der Waals surface area (Å²) in [5.41, 5.74) is 2.69.